The van der Waals surface area contributed by atoms with Crippen LogP contribution in [-0.2, 0) is 0 Å². The van der Waals surface area contributed by atoms with Crippen LogP contribution in [0.2, 0.25) is 0 Å². The van der Waals surface area contributed by atoms with Crippen molar-refractivity contribution >= 4 is 16.9 Å². The summed E-state index contributed by atoms with van der Waals surface area (Å²) in [6.07, 6.45) is 9.45. The first-order chi connectivity index (χ1) is 13.0. The largest absolute Gasteiger partial charge is 0.352 e. The molecule has 0 atom stereocenters. The van der Waals surface area contributed by atoms with Gasteiger partial charge < -0.3 is 10.2 Å². The third-order valence-electron chi connectivity index (χ3n) is 5.60. The number of nitrogens with one attached hydrogen (secondary N) is 1. The molecule has 1 amide bonds. The number of pyridine rings is 1. The number of carbonyl (C=O) groups excluding carboxylic acids is 1. The van der Waals surface area contributed by atoms with Crippen LogP contribution in [0.3, 0.4) is 0 Å². The van der Waals surface area contributed by atoms with E-state index in [4.69, 9.17) is 0 Å². The van der Waals surface area contributed by atoms with Gasteiger partial charge in [-0.3, -0.25) is 4.79 Å². The van der Waals surface area contributed by atoms with Gasteiger partial charge in [0.2, 0.25) is 0 Å². The van der Waals surface area contributed by atoms with Crippen molar-refractivity contribution < 1.29 is 4.79 Å². The van der Waals surface area contributed by atoms with Gasteiger partial charge in [0.15, 0.2) is 5.65 Å². The number of hydrogen-bond acceptors (Lipinski definition) is 4. The lowest BCUT2D eigenvalue weighted by atomic mass is 9.94. The van der Waals surface area contributed by atoms with Crippen LogP contribution in [0.5, 0.6) is 0 Å². The number of fused-ring (bicyclic) bond motifs is 1. The summed E-state index contributed by atoms with van der Waals surface area (Å²) in [5, 5.41) is 8.33. The summed E-state index contributed by atoms with van der Waals surface area (Å²) >= 11 is 0. The van der Waals surface area contributed by atoms with E-state index < -0.39 is 0 Å². The second-order valence-corrected chi connectivity index (χ2v) is 8.11. The van der Waals surface area contributed by atoms with Crippen molar-refractivity contribution in [3.8, 4) is 0 Å². The van der Waals surface area contributed by atoms with Gasteiger partial charge in [-0.25, -0.2) is 9.67 Å². The number of rotatable bonds is 7. The number of hydrogen-bond donors (Lipinski definition) is 1. The second kappa shape index (κ2) is 8.83. The summed E-state index contributed by atoms with van der Waals surface area (Å²) in [5.41, 5.74) is 2.30. The van der Waals surface area contributed by atoms with Crippen LogP contribution in [0.1, 0.15) is 74.5 Å². The molecule has 1 fully saturated rings. The predicted octanol–water partition coefficient (Wildman–Crippen LogP) is 3.71. The van der Waals surface area contributed by atoms with E-state index in [0.29, 0.717) is 12.1 Å². The molecule has 2 aromatic rings. The van der Waals surface area contributed by atoms with Crippen LogP contribution in [0.25, 0.3) is 11.0 Å². The fraction of sp³-hybridized carbons (Fsp3) is 0.667. The molecule has 6 heteroatoms. The average Bonchev–Trinajstić information content (AvgIpc) is 3.08. The van der Waals surface area contributed by atoms with Gasteiger partial charge in [0.25, 0.3) is 5.91 Å². The second-order valence-electron chi connectivity index (χ2n) is 8.11. The predicted molar refractivity (Wildman–Crippen MR) is 109 cm³/mol. The summed E-state index contributed by atoms with van der Waals surface area (Å²) < 4.78 is 1.87. The van der Waals surface area contributed by atoms with Gasteiger partial charge >= 0.3 is 0 Å². The Balaban J connectivity index is 1.58. The number of carbonyl (C=O) groups is 1. The first-order valence-corrected chi connectivity index (χ1v) is 10.3. The highest BCUT2D eigenvalue weighted by atomic mass is 16.1. The molecule has 1 N–H and O–H groups in total. The van der Waals surface area contributed by atoms with Crippen LogP contribution in [0, 0.1) is 6.92 Å². The molecule has 1 aliphatic rings. The fourth-order valence-corrected chi connectivity index (χ4v) is 4.04. The summed E-state index contributed by atoms with van der Waals surface area (Å²) in [6.45, 7) is 7.78. The Morgan fingerprint density at radius 3 is 2.78 bits per heavy atom. The maximum absolute atomic E-state index is 12.7. The smallest absolute Gasteiger partial charge is 0.252 e. The van der Waals surface area contributed by atoms with Gasteiger partial charge in [0.05, 0.1) is 17.1 Å². The third kappa shape index (κ3) is 4.67. The number of aromatic nitrogens is 3. The first kappa shape index (κ1) is 19.8. The highest BCUT2D eigenvalue weighted by Crippen LogP contribution is 2.22. The molecule has 2 heterocycles. The maximum Gasteiger partial charge on any atom is 0.252 e. The van der Waals surface area contributed by atoms with Crippen molar-refractivity contribution in [3.63, 3.8) is 0 Å². The molecule has 0 aromatic carbocycles. The minimum atomic E-state index is -0.0332. The van der Waals surface area contributed by atoms with E-state index in [1.54, 1.807) is 6.20 Å². The average molecular weight is 372 g/mol. The lowest BCUT2D eigenvalue weighted by Gasteiger charge is -2.31. The highest BCUT2D eigenvalue weighted by molar-refractivity contribution is 6.05. The molecule has 0 saturated heterocycles. The Morgan fingerprint density at radius 1 is 1.33 bits per heavy atom. The van der Waals surface area contributed by atoms with E-state index in [0.717, 1.165) is 35.7 Å². The first-order valence-electron chi connectivity index (χ1n) is 10.3. The van der Waals surface area contributed by atoms with Gasteiger partial charge in [-0.1, -0.05) is 19.3 Å². The molecule has 2 aromatic heterocycles. The molecule has 148 valence electrons. The quantitative estimate of drug-likeness (QED) is 0.754. The van der Waals surface area contributed by atoms with Crippen LogP contribution in [-0.4, -0.2) is 51.8 Å². The van der Waals surface area contributed by atoms with Crippen LogP contribution < -0.4 is 5.32 Å². The van der Waals surface area contributed by atoms with Gasteiger partial charge in [-0.2, -0.15) is 5.10 Å². The van der Waals surface area contributed by atoms with E-state index >= 15 is 0 Å². The van der Waals surface area contributed by atoms with E-state index in [1.807, 2.05) is 17.7 Å². The van der Waals surface area contributed by atoms with Crippen molar-refractivity contribution in [1.82, 2.24) is 25.0 Å². The van der Waals surface area contributed by atoms with Crippen molar-refractivity contribution in [3.05, 3.63) is 23.5 Å². The molecule has 1 saturated carbocycles. The molecule has 1 aliphatic carbocycles. The van der Waals surface area contributed by atoms with E-state index in [-0.39, 0.29) is 11.9 Å². The Hall–Kier alpha value is -1.95. The maximum atomic E-state index is 12.7. The minimum Gasteiger partial charge on any atom is -0.352 e. The van der Waals surface area contributed by atoms with Gasteiger partial charge in [-0.15, -0.1) is 0 Å². The molecule has 0 bridgehead atoms. The minimum absolute atomic E-state index is 0.0332. The molecule has 0 spiro atoms. The van der Waals surface area contributed by atoms with Crippen molar-refractivity contribution in [2.45, 2.75) is 71.4 Å². The molecular weight excluding hydrogens is 338 g/mol. The zero-order valence-electron chi connectivity index (χ0n) is 17.2. The summed E-state index contributed by atoms with van der Waals surface area (Å²) in [6, 6.07) is 2.79. The van der Waals surface area contributed by atoms with Crippen molar-refractivity contribution in [2.75, 3.05) is 20.1 Å². The van der Waals surface area contributed by atoms with Crippen LogP contribution in [0.15, 0.2) is 12.3 Å². The SMILES string of the molecule is Cc1cc(C(=O)NCCCN(C)C2CCCCC2)c2cnn(C(C)C)c2n1. The Morgan fingerprint density at radius 2 is 2.07 bits per heavy atom. The number of aryl methyl sites for hydroxylation is 1. The van der Waals surface area contributed by atoms with Crippen molar-refractivity contribution in [2.24, 2.45) is 0 Å². The fourth-order valence-electron chi connectivity index (χ4n) is 4.04. The standard InChI is InChI=1S/C21H33N5O/c1-15(2)26-20-19(14-23-26)18(13-16(3)24-20)21(27)22-11-8-12-25(4)17-9-6-5-7-10-17/h13-15,17H,5-12H2,1-4H3,(H,22,27). The van der Waals surface area contributed by atoms with Gasteiger partial charge in [-0.05, 0) is 59.7 Å². The normalized spacial score (nSPS) is 15.8. The van der Waals surface area contributed by atoms with Gasteiger partial charge in [0, 0.05) is 24.3 Å². The zero-order valence-corrected chi connectivity index (χ0v) is 17.2. The molecule has 0 unspecified atom stereocenters. The summed E-state index contributed by atoms with van der Waals surface area (Å²) in [7, 11) is 2.22. The van der Waals surface area contributed by atoms with Crippen LogP contribution in [0.4, 0.5) is 0 Å². The van der Waals surface area contributed by atoms with E-state index in [9.17, 15) is 4.79 Å². The summed E-state index contributed by atoms with van der Waals surface area (Å²) in [4.78, 5) is 19.8. The molecule has 3 rings (SSSR count). The monoisotopic (exact) mass is 371 g/mol. The molecule has 27 heavy (non-hydrogen) atoms. The third-order valence-corrected chi connectivity index (χ3v) is 5.60. The highest BCUT2D eigenvalue weighted by Gasteiger charge is 2.18. The molecular formula is C21H33N5O. The zero-order chi connectivity index (χ0) is 19.4. The topological polar surface area (TPSA) is 63.1 Å². The number of nitrogens with zero attached hydrogens (tertiary/aromatic N) is 4. The molecule has 6 nitrogen and oxygen atoms in total. The molecule has 0 aliphatic heterocycles. The van der Waals surface area contributed by atoms with E-state index in [2.05, 4.69) is 41.2 Å². The Labute approximate surface area is 162 Å². The van der Waals surface area contributed by atoms with Gasteiger partial charge in [0.1, 0.15) is 0 Å². The van der Waals surface area contributed by atoms with E-state index in [1.165, 1.54) is 32.1 Å². The van der Waals surface area contributed by atoms with Crippen molar-refractivity contribution in [1.29, 1.82) is 0 Å². The Kier molecular flexibility index (Phi) is 6.47. The summed E-state index contributed by atoms with van der Waals surface area (Å²) in [5.74, 6) is -0.0332. The molecule has 0 radical (unpaired) electrons. The van der Waals surface area contributed by atoms with Crippen LogP contribution >= 0.6 is 0 Å². The lowest BCUT2D eigenvalue weighted by Crippen LogP contribution is -2.35. The Bertz CT molecular complexity index is 776. The number of amides is 1. The lowest BCUT2D eigenvalue weighted by molar-refractivity contribution is 0.0952.